The van der Waals surface area contributed by atoms with E-state index in [1.807, 2.05) is 26.0 Å². The van der Waals surface area contributed by atoms with Crippen molar-refractivity contribution < 1.29 is 9.90 Å². The van der Waals surface area contributed by atoms with Crippen LogP contribution in [0.5, 0.6) is 0 Å². The summed E-state index contributed by atoms with van der Waals surface area (Å²) in [6, 6.07) is 3.99. The fraction of sp³-hybridized carbons (Fsp3) is 0.462. The predicted molar refractivity (Wildman–Crippen MR) is 70.2 cm³/mol. The smallest absolute Gasteiger partial charge is 0.308 e. The first-order valence-electron chi connectivity index (χ1n) is 6.34. The van der Waals surface area contributed by atoms with Crippen LogP contribution in [0.25, 0.3) is 5.65 Å². The minimum absolute atomic E-state index is 0.136. The van der Waals surface area contributed by atoms with E-state index >= 15 is 0 Å². The number of fused-ring (bicyclic) bond motifs is 1. The van der Waals surface area contributed by atoms with E-state index in [-0.39, 0.29) is 11.8 Å². The number of aromatic nitrogens is 3. The third kappa shape index (κ3) is 1.93. The highest BCUT2D eigenvalue weighted by Crippen LogP contribution is 2.29. The van der Waals surface area contributed by atoms with E-state index in [2.05, 4.69) is 15.0 Å². The van der Waals surface area contributed by atoms with Crippen molar-refractivity contribution in [2.45, 2.75) is 13.8 Å². The molecule has 2 aromatic rings. The minimum Gasteiger partial charge on any atom is -0.481 e. The molecule has 19 heavy (non-hydrogen) atoms. The summed E-state index contributed by atoms with van der Waals surface area (Å²) in [5.41, 5.74) is 1.89. The summed E-state index contributed by atoms with van der Waals surface area (Å²) >= 11 is 0. The Kier molecular flexibility index (Phi) is 2.66. The fourth-order valence-corrected chi connectivity index (χ4v) is 2.74. The number of anilines is 1. The lowest BCUT2D eigenvalue weighted by Crippen LogP contribution is -2.24. The lowest BCUT2D eigenvalue weighted by atomic mass is 9.99. The van der Waals surface area contributed by atoms with Gasteiger partial charge in [0.15, 0.2) is 5.65 Å². The quantitative estimate of drug-likeness (QED) is 0.878. The monoisotopic (exact) mass is 260 g/mol. The van der Waals surface area contributed by atoms with Gasteiger partial charge in [0.2, 0.25) is 0 Å². The topological polar surface area (TPSA) is 70.7 Å². The van der Waals surface area contributed by atoms with E-state index in [1.54, 1.807) is 4.52 Å². The molecule has 1 aliphatic heterocycles. The third-order valence-electron chi connectivity index (χ3n) is 3.76. The van der Waals surface area contributed by atoms with Gasteiger partial charge in [0.05, 0.1) is 5.92 Å². The second-order valence-corrected chi connectivity index (χ2v) is 5.25. The molecule has 3 heterocycles. The van der Waals surface area contributed by atoms with Crippen LogP contribution in [0.2, 0.25) is 0 Å². The van der Waals surface area contributed by atoms with E-state index in [9.17, 15) is 9.90 Å². The van der Waals surface area contributed by atoms with Gasteiger partial charge in [-0.1, -0.05) is 6.92 Å². The van der Waals surface area contributed by atoms with Crippen molar-refractivity contribution in [3.05, 3.63) is 24.0 Å². The second kappa shape index (κ2) is 4.22. The normalized spacial score (nSPS) is 23.2. The van der Waals surface area contributed by atoms with Gasteiger partial charge in [0, 0.05) is 13.1 Å². The Bertz CT molecular complexity index is 637. The number of hydrogen-bond acceptors (Lipinski definition) is 4. The van der Waals surface area contributed by atoms with Gasteiger partial charge in [-0.15, -0.1) is 0 Å². The molecule has 6 nitrogen and oxygen atoms in total. The number of nitrogens with zero attached hydrogens (tertiary/aromatic N) is 4. The molecule has 0 amide bonds. The van der Waals surface area contributed by atoms with E-state index in [1.165, 1.54) is 6.33 Å². The average molecular weight is 260 g/mol. The zero-order valence-corrected chi connectivity index (χ0v) is 10.9. The highest BCUT2D eigenvalue weighted by molar-refractivity contribution is 5.72. The number of aryl methyl sites for hydroxylation is 1. The lowest BCUT2D eigenvalue weighted by molar-refractivity contribution is -0.142. The molecule has 0 bridgehead atoms. The molecule has 1 aliphatic rings. The number of hydrogen-bond donors (Lipinski definition) is 1. The molecular formula is C13H16N4O2. The van der Waals surface area contributed by atoms with E-state index in [4.69, 9.17) is 0 Å². The molecule has 1 fully saturated rings. The van der Waals surface area contributed by atoms with E-state index in [0.29, 0.717) is 6.54 Å². The highest BCUT2D eigenvalue weighted by Gasteiger charge is 2.35. The summed E-state index contributed by atoms with van der Waals surface area (Å²) < 4.78 is 1.77. The SMILES string of the molecule is Cc1cc(N2C[C@@H](C)[C@H](C(=O)O)C2)n2ncnc2c1. The van der Waals surface area contributed by atoms with Crippen LogP contribution in [0.1, 0.15) is 12.5 Å². The van der Waals surface area contributed by atoms with Gasteiger partial charge in [-0.3, -0.25) is 4.79 Å². The van der Waals surface area contributed by atoms with Crippen LogP contribution in [0.3, 0.4) is 0 Å². The number of carbonyl (C=O) groups is 1. The highest BCUT2D eigenvalue weighted by atomic mass is 16.4. The van der Waals surface area contributed by atoms with Crippen LogP contribution < -0.4 is 4.90 Å². The van der Waals surface area contributed by atoms with Crippen molar-refractivity contribution in [2.24, 2.45) is 11.8 Å². The molecular weight excluding hydrogens is 244 g/mol. The number of carboxylic acids is 1. The van der Waals surface area contributed by atoms with Crippen LogP contribution >= 0.6 is 0 Å². The van der Waals surface area contributed by atoms with Crippen LogP contribution in [-0.2, 0) is 4.79 Å². The Labute approximate surface area is 110 Å². The molecule has 1 N–H and O–H groups in total. The molecule has 0 unspecified atom stereocenters. The Morgan fingerprint density at radius 1 is 1.42 bits per heavy atom. The van der Waals surface area contributed by atoms with Crippen LogP contribution in [0.15, 0.2) is 18.5 Å². The van der Waals surface area contributed by atoms with Crippen molar-refractivity contribution in [1.29, 1.82) is 0 Å². The molecule has 0 aromatic carbocycles. The fourth-order valence-electron chi connectivity index (χ4n) is 2.74. The number of carboxylic acid groups (broad SMARTS) is 1. The molecule has 0 radical (unpaired) electrons. The van der Waals surface area contributed by atoms with Crippen molar-refractivity contribution in [3.63, 3.8) is 0 Å². The average Bonchev–Trinajstić information content (AvgIpc) is 2.93. The largest absolute Gasteiger partial charge is 0.481 e. The van der Waals surface area contributed by atoms with Gasteiger partial charge in [-0.05, 0) is 30.5 Å². The molecule has 0 saturated carbocycles. The molecule has 100 valence electrons. The molecule has 0 aliphatic carbocycles. The summed E-state index contributed by atoms with van der Waals surface area (Å²) in [5, 5.41) is 13.4. The Hall–Kier alpha value is -2.11. The molecule has 2 atom stereocenters. The van der Waals surface area contributed by atoms with Crippen LogP contribution in [-0.4, -0.2) is 38.8 Å². The number of rotatable bonds is 2. The summed E-state index contributed by atoms with van der Waals surface area (Å²) in [6.07, 6.45) is 1.52. The molecule has 0 spiro atoms. The Balaban J connectivity index is 2.01. The van der Waals surface area contributed by atoms with Gasteiger partial charge in [0.1, 0.15) is 12.1 Å². The third-order valence-corrected chi connectivity index (χ3v) is 3.76. The van der Waals surface area contributed by atoms with Crippen molar-refractivity contribution in [1.82, 2.24) is 14.6 Å². The molecule has 2 aromatic heterocycles. The summed E-state index contributed by atoms with van der Waals surface area (Å²) in [4.78, 5) is 17.5. The maximum atomic E-state index is 11.2. The zero-order valence-electron chi connectivity index (χ0n) is 10.9. The lowest BCUT2D eigenvalue weighted by Gasteiger charge is -2.19. The zero-order chi connectivity index (χ0) is 13.6. The van der Waals surface area contributed by atoms with E-state index in [0.717, 1.165) is 23.6 Å². The van der Waals surface area contributed by atoms with Gasteiger partial charge in [0.25, 0.3) is 0 Å². The standard InChI is InChI=1S/C13H16N4O2/c1-8-3-11-14-7-15-17(11)12(4-8)16-5-9(2)10(6-16)13(18)19/h3-4,7,9-10H,5-6H2,1-2H3,(H,18,19)/t9-,10-/m1/s1. The van der Waals surface area contributed by atoms with Gasteiger partial charge >= 0.3 is 5.97 Å². The van der Waals surface area contributed by atoms with Crippen molar-refractivity contribution in [3.8, 4) is 0 Å². The summed E-state index contributed by atoms with van der Waals surface area (Å²) in [5.74, 6) is 0.0104. The first kappa shape index (κ1) is 12.0. The van der Waals surface area contributed by atoms with Crippen molar-refractivity contribution in [2.75, 3.05) is 18.0 Å². The number of aliphatic carboxylic acids is 1. The minimum atomic E-state index is -0.725. The molecule has 3 rings (SSSR count). The van der Waals surface area contributed by atoms with Crippen LogP contribution in [0, 0.1) is 18.8 Å². The van der Waals surface area contributed by atoms with Crippen LogP contribution in [0.4, 0.5) is 5.82 Å². The first-order valence-corrected chi connectivity index (χ1v) is 6.34. The number of pyridine rings is 1. The maximum Gasteiger partial charge on any atom is 0.308 e. The Morgan fingerprint density at radius 3 is 2.89 bits per heavy atom. The first-order chi connectivity index (χ1) is 9.06. The second-order valence-electron chi connectivity index (χ2n) is 5.25. The van der Waals surface area contributed by atoms with E-state index < -0.39 is 5.97 Å². The molecule has 1 saturated heterocycles. The van der Waals surface area contributed by atoms with Gasteiger partial charge in [-0.25, -0.2) is 4.98 Å². The van der Waals surface area contributed by atoms with Gasteiger partial charge in [-0.2, -0.15) is 9.61 Å². The van der Waals surface area contributed by atoms with Gasteiger partial charge < -0.3 is 10.0 Å². The predicted octanol–water partition coefficient (Wildman–Crippen LogP) is 1.19. The summed E-state index contributed by atoms with van der Waals surface area (Å²) in [6.45, 7) is 5.24. The Morgan fingerprint density at radius 2 is 2.21 bits per heavy atom. The maximum absolute atomic E-state index is 11.2. The summed E-state index contributed by atoms with van der Waals surface area (Å²) in [7, 11) is 0. The molecule has 6 heteroatoms. The van der Waals surface area contributed by atoms with Crippen molar-refractivity contribution >= 4 is 17.4 Å².